The van der Waals surface area contributed by atoms with Crippen LogP contribution in [0.1, 0.15) is 28.8 Å². The minimum Gasteiger partial charge on any atom is -0.379 e. The van der Waals surface area contributed by atoms with Crippen molar-refractivity contribution in [1.82, 2.24) is 14.9 Å². The van der Waals surface area contributed by atoms with Crippen LogP contribution in [-0.2, 0) is 11.2 Å². The predicted molar refractivity (Wildman–Crippen MR) is 99.0 cm³/mol. The van der Waals surface area contributed by atoms with Crippen LogP contribution >= 0.6 is 0 Å². The molecule has 0 radical (unpaired) electrons. The Kier molecular flexibility index (Phi) is 5.11. The predicted octanol–water partition coefficient (Wildman–Crippen LogP) is 2.38. The molecule has 0 spiro atoms. The van der Waals surface area contributed by atoms with Crippen LogP contribution in [-0.4, -0.2) is 53.1 Å². The number of likely N-dealkylation sites (tertiary alicyclic amines) is 1. The first kappa shape index (κ1) is 17.0. The SMILES string of the molecule is O=C(c1cccnc1NC1COCC1Cc1ccncc1)N1CCCC1. The number of aromatic nitrogens is 2. The molecule has 6 nitrogen and oxygen atoms in total. The first-order valence-electron chi connectivity index (χ1n) is 9.29. The Bertz CT molecular complexity index is 746. The highest BCUT2D eigenvalue weighted by atomic mass is 16.5. The number of hydrogen-bond donors (Lipinski definition) is 1. The van der Waals surface area contributed by atoms with Crippen molar-refractivity contribution >= 4 is 11.7 Å². The van der Waals surface area contributed by atoms with E-state index in [1.807, 2.05) is 41.6 Å². The van der Waals surface area contributed by atoms with Gasteiger partial charge in [0.05, 0.1) is 24.8 Å². The van der Waals surface area contributed by atoms with E-state index < -0.39 is 0 Å². The molecule has 2 aromatic heterocycles. The average Bonchev–Trinajstić information content (AvgIpc) is 3.35. The fourth-order valence-corrected chi connectivity index (χ4v) is 3.74. The topological polar surface area (TPSA) is 67.3 Å². The summed E-state index contributed by atoms with van der Waals surface area (Å²) >= 11 is 0. The molecule has 2 fully saturated rings. The van der Waals surface area contributed by atoms with Gasteiger partial charge in [0.25, 0.3) is 5.91 Å². The molecule has 1 amide bonds. The molecule has 26 heavy (non-hydrogen) atoms. The molecule has 2 atom stereocenters. The van der Waals surface area contributed by atoms with Gasteiger partial charge in [0, 0.05) is 37.6 Å². The van der Waals surface area contributed by atoms with Gasteiger partial charge in [-0.15, -0.1) is 0 Å². The molecule has 4 rings (SSSR count). The van der Waals surface area contributed by atoms with E-state index in [4.69, 9.17) is 4.74 Å². The van der Waals surface area contributed by atoms with Crippen LogP contribution in [0, 0.1) is 5.92 Å². The summed E-state index contributed by atoms with van der Waals surface area (Å²) < 4.78 is 5.71. The number of amides is 1. The summed E-state index contributed by atoms with van der Waals surface area (Å²) in [4.78, 5) is 23.3. The van der Waals surface area contributed by atoms with Crippen molar-refractivity contribution in [3.05, 3.63) is 54.0 Å². The van der Waals surface area contributed by atoms with Gasteiger partial charge in [-0.2, -0.15) is 0 Å². The highest BCUT2D eigenvalue weighted by molar-refractivity contribution is 5.98. The van der Waals surface area contributed by atoms with Crippen LogP contribution in [0.2, 0.25) is 0 Å². The van der Waals surface area contributed by atoms with Gasteiger partial charge in [-0.25, -0.2) is 4.98 Å². The van der Waals surface area contributed by atoms with Crippen LogP contribution in [0.5, 0.6) is 0 Å². The van der Waals surface area contributed by atoms with Crippen LogP contribution in [0.3, 0.4) is 0 Å². The second-order valence-electron chi connectivity index (χ2n) is 7.01. The number of rotatable bonds is 5. The number of nitrogens with zero attached hydrogens (tertiary/aromatic N) is 3. The van der Waals surface area contributed by atoms with Crippen molar-refractivity contribution in [2.24, 2.45) is 5.92 Å². The van der Waals surface area contributed by atoms with Gasteiger partial charge in [0.15, 0.2) is 0 Å². The molecule has 2 aliphatic rings. The van der Waals surface area contributed by atoms with Crippen LogP contribution in [0.25, 0.3) is 0 Å². The lowest BCUT2D eigenvalue weighted by Crippen LogP contribution is -2.33. The zero-order valence-corrected chi connectivity index (χ0v) is 14.8. The Morgan fingerprint density at radius 2 is 1.96 bits per heavy atom. The van der Waals surface area contributed by atoms with Crippen molar-refractivity contribution in [2.75, 3.05) is 31.6 Å². The molecule has 1 N–H and O–H groups in total. The smallest absolute Gasteiger partial charge is 0.257 e. The summed E-state index contributed by atoms with van der Waals surface area (Å²) in [6, 6.07) is 7.91. The molecule has 4 heterocycles. The Morgan fingerprint density at radius 3 is 2.77 bits per heavy atom. The molecule has 0 aromatic carbocycles. The van der Waals surface area contributed by atoms with E-state index in [1.54, 1.807) is 6.20 Å². The van der Waals surface area contributed by atoms with Crippen molar-refractivity contribution in [2.45, 2.75) is 25.3 Å². The number of carbonyl (C=O) groups is 1. The van der Waals surface area contributed by atoms with Gasteiger partial charge in [-0.3, -0.25) is 9.78 Å². The maximum Gasteiger partial charge on any atom is 0.257 e. The molecular weight excluding hydrogens is 328 g/mol. The van der Waals surface area contributed by atoms with E-state index in [1.165, 1.54) is 5.56 Å². The van der Waals surface area contributed by atoms with Gasteiger partial charge in [0.1, 0.15) is 5.82 Å². The number of pyridine rings is 2. The fourth-order valence-electron chi connectivity index (χ4n) is 3.74. The first-order chi connectivity index (χ1) is 12.8. The quantitative estimate of drug-likeness (QED) is 0.895. The van der Waals surface area contributed by atoms with Crippen LogP contribution in [0.4, 0.5) is 5.82 Å². The first-order valence-corrected chi connectivity index (χ1v) is 9.29. The third-order valence-electron chi connectivity index (χ3n) is 5.20. The van der Waals surface area contributed by atoms with E-state index in [9.17, 15) is 4.79 Å². The van der Waals surface area contributed by atoms with Gasteiger partial charge in [-0.05, 0) is 49.1 Å². The Balaban J connectivity index is 1.48. The van der Waals surface area contributed by atoms with Crippen molar-refractivity contribution in [3.63, 3.8) is 0 Å². The molecular formula is C20H24N4O2. The van der Waals surface area contributed by atoms with E-state index in [0.717, 1.165) is 32.4 Å². The summed E-state index contributed by atoms with van der Waals surface area (Å²) in [6.07, 6.45) is 8.45. The zero-order chi connectivity index (χ0) is 17.8. The average molecular weight is 352 g/mol. The summed E-state index contributed by atoms with van der Waals surface area (Å²) in [6.45, 7) is 3.01. The summed E-state index contributed by atoms with van der Waals surface area (Å²) in [5.74, 6) is 1.08. The summed E-state index contributed by atoms with van der Waals surface area (Å²) in [5, 5.41) is 3.48. The normalized spacial score (nSPS) is 22.5. The molecule has 136 valence electrons. The van der Waals surface area contributed by atoms with E-state index in [0.29, 0.717) is 30.5 Å². The van der Waals surface area contributed by atoms with Gasteiger partial charge in [-0.1, -0.05) is 0 Å². The lowest BCUT2D eigenvalue weighted by molar-refractivity contribution is 0.0793. The van der Waals surface area contributed by atoms with Gasteiger partial charge in [0.2, 0.25) is 0 Å². The molecule has 2 aromatic rings. The molecule has 0 saturated carbocycles. The van der Waals surface area contributed by atoms with Crippen molar-refractivity contribution in [1.29, 1.82) is 0 Å². The Labute approximate surface area is 153 Å². The molecule has 2 saturated heterocycles. The van der Waals surface area contributed by atoms with E-state index in [2.05, 4.69) is 15.3 Å². The van der Waals surface area contributed by atoms with Crippen LogP contribution < -0.4 is 5.32 Å². The third-order valence-corrected chi connectivity index (χ3v) is 5.20. The third kappa shape index (κ3) is 3.70. The lowest BCUT2D eigenvalue weighted by Gasteiger charge is -2.22. The van der Waals surface area contributed by atoms with Gasteiger partial charge >= 0.3 is 0 Å². The standard InChI is InChI=1S/C20H24N4O2/c25-20(24-10-1-2-11-24)17-4-3-7-22-19(17)23-18-14-26-13-16(18)12-15-5-8-21-9-6-15/h3-9,16,18H,1-2,10-14H2,(H,22,23). The summed E-state index contributed by atoms with van der Waals surface area (Å²) in [7, 11) is 0. The van der Waals surface area contributed by atoms with E-state index in [-0.39, 0.29) is 11.9 Å². The van der Waals surface area contributed by atoms with E-state index >= 15 is 0 Å². The Hall–Kier alpha value is -2.47. The highest BCUT2D eigenvalue weighted by Crippen LogP contribution is 2.24. The molecule has 2 unspecified atom stereocenters. The molecule has 6 heteroatoms. The minimum atomic E-state index is 0.0719. The number of carbonyl (C=O) groups excluding carboxylic acids is 1. The second kappa shape index (κ2) is 7.83. The monoisotopic (exact) mass is 352 g/mol. The zero-order valence-electron chi connectivity index (χ0n) is 14.8. The summed E-state index contributed by atoms with van der Waals surface area (Å²) in [5.41, 5.74) is 1.90. The van der Waals surface area contributed by atoms with Crippen molar-refractivity contribution < 1.29 is 9.53 Å². The second-order valence-corrected chi connectivity index (χ2v) is 7.01. The lowest BCUT2D eigenvalue weighted by atomic mass is 9.95. The van der Waals surface area contributed by atoms with Crippen LogP contribution in [0.15, 0.2) is 42.9 Å². The number of hydrogen-bond acceptors (Lipinski definition) is 5. The van der Waals surface area contributed by atoms with Crippen molar-refractivity contribution in [3.8, 4) is 0 Å². The number of anilines is 1. The maximum atomic E-state index is 12.8. The fraction of sp³-hybridized carbons (Fsp3) is 0.450. The number of nitrogens with one attached hydrogen (secondary N) is 1. The minimum absolute atomic E-state index is 0.0719. The number of ether oxygens (including phenoxy) is 1. The van der Waals surface area contributed by atoms with Gasteiger partial charge < -0.3 is 15.0 Å². The maximum absolute atomic E-state index is 12.8. The highest BCUT2D eigenvalue weighted by Gasteiger charge is 2.30. The molecule has 0 bridgehead atoms. The largest absolute Gasteiger partial charge is 0.379 e. The Morgan fingerprint density at radius 1 is 1.15 bits per heavy atom. The molecule has 2 aliphatic heterocycles. The molecule has 0 aliphatic carbocycles.